The van der Waals surface area contributed by atoms with Gasteiger partial charge in [0, 0.05) is 32.3 Å². The van der Waals surface area contributed by atoms with Crippen LogP contribution in [0.15, 0.2) is 59.5 Å². The van der Waals surface area contributed by atoms with E-state index in [2.05, 4.69) is 10.2 Å². The molecule has 1 N–H and O–H groups in total. The molecule has 0 radical (unpaired) electrons. The Morgan fingerprint density at radius 3 is 2.39 bits per heavy atom. The van der Waals surface area contributed by atoms with Gasteiger partial charge in [0.25, 0.3) is 0 Å². The maximum absolute atomic E-state index is 13.1. The molecule has 0 saturated carbocycles. The van der Waals surface area contributed by atoms with E-state index in [-0.39, 0.29) is 10.8 Å². The smallest absolute Gasteiger partial charge is 0.248 e. The van der Waals surface area contributed by atoms with E-state index in [4.69, 9.17) is 4.74 Å². The first-order chi connectivity index (χ1) is 15.0. The summed E-state index contributed by atoms with van der Waals surface area (Å²) < 4.78 is 32.9. The number of anilines is 2. The van der Waals surface area contributed by atoms with Crippen LogP contribution in [-0.2, 0) is 19.6 Å². The van der Waals surface area contributed by atoms with Crippen molar-refractivity contribution in [2.45, 2.75) is 17.7 Å². The van der Waals surface area contributed by atoms with Crippen molar-refractivity contribution in [3.8, 4) is 0 Å². The summed E-state index contributed by atoms with van der Waals surface area (Å²) in [5, 5.41) is 2.90. The van der Waals surface area contributed by atoms with Crippen LogP contribution in [0.25, 0.3) is 6.08 Å². The summed E-state index contributed by atoms with van der Waals surface area (Å²) in [5.41, 5.74) is 2.28. The highest BCUT2D eigenvalue weighted by atomic mass is 32.2. The van der Waals surface area contributed by atoms with Crippen molar-refractivity contribution in [1.82, 2.24) is 4.31 Å². The molecule has 0 spiro atoms. The van der Waals surface area contributed by atoms with Gasteiger partial charge in [0.05, 0.1) is 29.5 Å². The number of hydrogen-bond acceptors (Lipinski definition) is 5. The lowest BCUT2D eigenvalue weighted by Crippen LogP contribution is -2.40. The van der Waals surface area contributed by atoms with E-state index < -0.39 is 10.0 Å². The first-order valence-electron chi connectivity index (χ1n) is 10.5. The molecular formula is C23H27N3O4S. The molecule has 0 bridgehead atoms. The fourth-order valence-corrected chi connectivity index (χ4v) is 5.29. The highest BCUT2D eigenvalue weighted by Crippen LogP contribution is 2.32. The van der Waals surface area contributed by atoms with Gasteiger partial charge in [-0.1, -0.05) is 30.3 Å². The fraction of sp³-hybridized carbons (Fsp3) is 0.348. The third kappa shape index (κ3) is 5.15. The summed E-state index contributed by atoms with van der Waals surface area (Å²) in [7, 11) is -3.65. The average molecular weight is 442 g/mol. The Balaban J connectivity index is 1.61. The van der Waals surface area contributed by atoms with E-state index in [0.29, 0.717) is 32.0 Å². The number of morpholine rings is 1. The van der Waals surface area contributed by atoms with E-state index in [9.17, 15) is 13.2 Å². The third-order valence-corrected chi connectivity index (χ3v) is 7.40. The van der Waals surface area contributed by atoms with E-state index in [1.54, 1.807) is 24.3 Å². The highest BCUT2D eigenvalue weighted by molar-refractivity contribution is 7.89. The maximum Gasteiger partial charge on any atom is 0.248 e. The molecule has 2 aromatic rings. The van der Waals surface area contributed by atoms with Gasteiger partial charge >= 0.3 is 0 Å². The minimum atomic E-state index is -3.65. The van der Waals surface area contributed by atoms with Crippen LogP contribution in [0.4, 0.5) is 11.4 Å². The molecule has 2 heterocycles. The van der Waals surface area contributed by atoms with Crippen LogP contribution in [0.3, 0.4) is 0 Å². The largest absolute Gasteiger partial charge is 0.379 e. The molecule has 4 rings (SSSR count). The van der Waals surface area contributed by atoms with Gasteiger partial charge in [0.15, 0.2) is 0 Å². The molecule has 7 nitrogen and oxygen atoms in total. The monoisotopic (exact) mass is 441 g/mol. The van der Waals surface area contributed by atoms with E-state index in [1.165, 1.54) is 10.4 Å². The number of rotatable bonds is 6. The van der Waals surface area contributed by atoms with E-state index >= 15 is 0 Å². The lowest BCUT2D eigenvalue weighted by molar-refractivity contribution is -0.111. The lowest BCUT2D eigenvalue weighted by atomic mass is 10.2. The Bertz CT molecular complexity index is 1040. The Hall–Kier alpha value is -2.68. The SMILES string of the molecule is O=C(/C=C/c1ccccc1)Nc1cc(S(=O)(=O)N2CCOCC2)ccc1N1CCCC1. The molecule has 0 aromatic heterocycles. The molecule has 2 saturated heterocycles. The molecule has 0 aliphatic carbocycles. The quantitative estimate of drug-likeness (QED) is 0.698. The van der Waals surface area contributed by atoms with Crippen LogP contribution in [0.1, 0.15) is 18.4 Å². The van der Waals surface area contributed by atoms with Crippen molar-refractivity contribution in [3.63, 3.8) is 0 Å². The third-order valence-electron chi connectivity index (χ3n) is 5.51. The standard InChI is InChI=1S/C23H27N3O4S/c27-23(11-8-19-6-2-1-3-7-19)24-21-18-20(9-10-22(21)25-12-4-5-13-25)31(28,29)26-14-16-30-17-15-26/h1-3,6-11,18H,4-5,12-17H2,(H,24,27)/b11-8+. The zero-order valence-electron chi connectivity index (χ0n) is 17.4. The van der Waals surface area contributed by atoms with Crippen molar-refractivity contribution in [1.29, 1.82) is 0 Å². The summed E-state index contributed by atoms with van der Waals surface area (Å²) >= 11 is 0. The summed E-state index contributed by atoms with van der Waals surface area (Å²) in [4.78, 5) is 15.0. The number of sulfonamides is 1. The molecule has 164 valence electrons. The second-order valence-electron chi connectivity index (χ2n) is 7.62. The number of carbonyl (C=O) groups is 1. The lowest BCUT2D eigenvalue weighted by Gasteiger charge is -2.27. The van der Waals surface area contributed by atoms with Crippen LogP contribution in [-0.4, -0.2) is 58.0 Å². The Kier molecular flexibility index (Phi) is 6.70. The molecule has 2 aliphatic rings. The number of nitrogens with one attached hydrogen (secondary N) is 1. The van der Waals surface area contributed by atoms with Crippen molar-refractivity contribution >= 4 is 33.4 Å². The fourth-order valence-electron chi connectivity index (χ4n) is 3.86. The predicted molar refractivity (Wildman–Crippen MR) is 122 cm³/mol. The molecule has 0 atom stereocenters. The number of benzene rings is 2. The van der Waals surface area contributed by atoms with Crippen molar-refractivity contribution in [2.75, 3.05) is 49.6 Å². The molecule has 1 amide bonds. The molecule has 31 heavy (non-hydrogen) atoms. The van der Waals surface area contributed by atoms with E-state index in [0.717, 1.165) is 37.2 Å². The van der Waals surface area contributed by atoms with Crippen molar-refractivity contribution in [3.05, 3.63) is 60.2 Å². The zero-order chi connectivity index (χ0) is 21.7. The van der Waals surface area contributed by atoms with Gasteiger partial charge < -0.3 is 15.0 Å². The molecule has 2 fully saturated rings. The minimum Gasteiger partial charge on any atom is -0.379 e. The van der Waals surface area contributed by atoms with Crippen LogP contribution in [0, 0.1) is 0 Å². The van der Waals surface area contributed by atoms with Gasteiger partial charge in [-0.3, -0.25) is 4.79 Å². The van der Waals surface area contributed by atoms with Crippen LogP contribution < -0.4 is 10.2 Å². The van der Waals surface area contributed by atoms with E-state index in [1.807, 2.05) is 30.3 Å². The van der Waals surface area contributed by atoms with Crippen molar-refractivity contribution < 1.29 is 17.9 Å². The molecule has 8 heteroatoms. The Morgan fingerprint density at radius 1 is 0.968 bits per heavy atom. The number of nitrogens with zero attached hydrogens (tertiary/aromatic N) is 2. The predicted octanol–water partition coefficient (Wildman–Crippen LogP) is 2.96. The number of carbonyl (C=O) groups excluding carboxylic acids is 1. The van der Waals surface area contributed by atoms with Crippen LogP contribution in [0.5, 0.6) is 0 Å². The molecular weight excluding hydrogens is 414 g/mol. The number of amides is 1. The van der Waals surface area contributed by atoms with Gasteiger partial charge in [-0.25, -0.2) is 8.42 Å². The second kappa shape index (κ2) is 9.64. The van der Waals surface area contributed by atoms with Crippen LogP contribution >= 0.6 is 0 Å². The van der Waals surface area contributed by atoms with Gasteiger partial charge in [-0.2, -0.15) is 4.31 Å². The normalized spacial score (nSPS) is 17.9. The Morgan fingerprint density at radius 2 is 1.68 bits per heavy atom. The molecule has 0 unspecified atom stereocenters. The van der Waals surface area contributed by atoms with Gasteiger partial charge in [-0.15, -0.1) is 0 Å². The van der Waals surface area contributed by atoms with Gasteiger partial charge in [0.2, 0.25) is 15.9 Å². The highest BCUT2D eigenvalue weighted by Gasteiger charge is 2.28. The topological polar surface area (TPSA) is 79.0 Å². The first-order valence-corrected chi connectivity index (χ1v) is 12.0. The molecule has 2 aromatic carbocycles. The number of ether oxygens (including phenoxy) is 1. The maximum atomic E-state index is 13.1. The summed E-state index contributed by atoms with van der Waals surface area (Å²) in [6.45, 7) is 3.21. The second-order valence-corrected chi connectivity index (χ2v) is 9.56. The minimum absolute atomic E-state index is 0.180. The zero-order valence-corrected chi connectivity index (χ0v) is 18.2. The summed E-state index contributed by atoms with van der Waals surface area (Å²) in [5.74, 6) is -0.301. The number of hydrogen-bond donors (Lipinski definition) is 1. The molecule has 2 aliphatic heterocycles. The average Bonchev–Trinajstić information content (AvgIpc) is 3.34. The first kappa shape index (κ1) is 21.5. The summed E-state index contributed by atoms with van der Waals surface area (Å²) in [6, 6.07) is 14.6. The van der Waals surface area contributed by atoms with Gasteiger partial charge in [-0.05, 0) is 42.7 Å². The summed E-state index contributed by atoms with van der Waals surface area (Å²) in [6.07, 6.45) is 5.36. The van der Waals surface area contributed by atoms with Crippen LogP contribution in [0.2, 0.25) is 0 Å². The van der Waals surface area contributed by atoms with Gasteiger partial charge in [0.1, 0.15) is 0 Å². The Labute approximate surface area is 183 Å². The van der Waals surface area contributed by atoms with Crippen molar-refractivity contribution in [2.24, 2.45) is 0 Å².